The summed E-state index contributed by atoms with van der Waals surface area (Å²) < 4.78 is 0. The molecule has 1 atom stereocenters. The van der Waals surface area contributed by atoms with Crippen molar-refractivity contribution < 1.29 is 0 Å². The molecular weight excluding hydrogens is 206 g/mol. The van der Waals surface area contributed by atoms with Crippen LogP contribution in [0.25, 0.3) is 0 Å². The molecule has 3 heterocycles. The first-order valence-corrected chi connectivity index (χ1v) is 5.76. The van der Waals surface area contributed by atoms with E-state index >= 15 is 0 Å². The van der Waals surface area contributed by atoms with E-state index in [4.69, 9.17) is 0 Å². The summed E-state index contributed by atoms with van der Waals surface area (Å²) in [5, 5.41) is 3.50. The van der Waals surface area contributed by atoms with Crippen LogP contribution in [-0.4, -0.2) is 16.5 Å². The van der Waals surface area contributed by atoms with Gasteiger partial charge in [-0.3, -0.25) is 4.98 Å². The second-order valence-electron chi connectivity index (χ2n) is 3.53. The fourth-order valence-corrected chi connectivity index (χ4v) is 2.76. The smallest absolute Gasteiger partial charge is 0.152 e. The van der Waals surface area contributed by atoms with Crippen LogP contribution in [0.2, 0.25) is 0 Å². The largest absolute Gasteiger partial charge is 0.305 e. The third kappa shape index (κ3) is 1.56. The highest BCUT2D eigenvalue weighted by atomic mass is 32.1. The lowest BCUT2D eigenvalue weighted by Gasteiger charge is -2.23. The van der Waals surface area contributed by atoms with Crippen molar-refractivity contribution in [2.24, 2.45) is 0 Å². The van der Waals surface area contributed by atoms with Gasteiger partial charge in [0.2, 0.25) is 0 Å². The van der Waals surface area contributed by atoms with E-state index in [1.165, 1.54) is 16.1 Å². The molecule has 0 aromatic carbocycles. The average molecular weight is 216 g/mol. The normalized spacial score (nSPS) is 19.9. The molecule has 0 bridgehead atoms. The SMILES string of the molecule is [c]1nc2c(s1)[C@H](c1ccncc1)NCC2. The fourth-order valence-electron chi connectivity index (χ4n) is 1.90. The fraction of sp³-hybridized carbons (Fsp3) is 0.273. The van der Waals surface area contributed by atoms with Crippen LogP contribution < -0.4 is 5.32 Å². The monoisotopic (exact) mass is 216 g/mol. The Bertz CT molecular complexity index is 452. The zero-order valence-electron chi connectivity index (χ0n) is 8.10. The Morgan fingerprint density at radius 2 is 2.27 bits per heavy atom. The van der Waals surface area contributed by atoms with Crippen molar-refractivity contribution in [3.63, 3.8) is 0 Å². The van der Waals surface area contributed by atoms with E-state index in [2.05, 4.69) is 20.8 Å². The van der Waals surface area contributed by atoms with Crippen LogP contribution in [0.4, 0.5) is 0 Å². The van der Waals surface area contributed by atoms with E-state index in [0.29, 0.717) is 0 Å². The summed E-state index contributed by atoms with van der Waals surface area (Å²) in [5.41, 5.74) is 5.42. The van der Waals surface area contributed by atoms with Gasteiger partial charge in [-0.2, -0.15) is 0 Å². The summed E-state index contributed by atoms with van der Waals surface area (Å²) in [5.74, 6) is 0. The minimum absolute atomic E-state index is 0.278. The molecule has 0 saturated carbocycles. The Kier molecular flexibility index (Phi) is 2.23. The number of rotatable bonds is 1. The number of nitrogens with zero attached hydrogens (tertiary/aromatic N) is 2. The average Bonchev–Trinajstić information content (AvgIpc) is 2.78. The number of fused-ring (bicyclic) bond motifs is 1. The molecule has 4 heteroatoms. The molecule has 1 aliphatic heterocycles. The minimum atomic E-state index is 0.278. The Hall–Kier alpha value is -1.26. The summed E-state index contributed by atoms with van der Waals surface area (Å²) in [6, 6.07) is 4.37. The molecule has 1 radical (unpaired) electrons. The van der Waals surface area contributed by atoms with E-state index in [1.54, 1.807) is 11.3 Å². The van der Waals surface area contributed by atoms with E-state index < -0.39 is 0 Å². The van der Waals surface area contributed by atoms with Gasteiger partial charge in [-0.1, -0.05) is 0 Å². The first-order valence-electron chi connectivity index (χ1n) is 4.94. The molecule has 0 aliphatic carbocycles. The first-order chi connectivity index (χ1) is 7.45. The van der Waals surface area contributed by atoms with Crippen molar-refractivity contribution in [3.05, 3.63) is 46.2 Å². The van der Waals surface area contributed by atoms with Gasteiger partial charge < -0.3 is 5.32 Å². The van der Waals surface area contributed by atoms with Crippen molar-refractivity contribution in [1.29, 1.82) is 0 Å². The standard InChI is InChI=1S/C11H10N3S/c1-4-12-5-2-8(1)10-11-9(3-6-13-10)14-7-15-11/h1-2,4-5,10,13H,3,6H2/t10-/m0/s1. The Labute approximate surface area is 92.2 Å². The Morgan fingerprint density at radius 3 is 3.13 bits per heavy atom. The highest BCUT2D eigenvalue weighted by Crippen LogP contribution is 2.30. The third-order valence-corrected chi connectivity index (χ3v) is 3.51. The van der Waals surface area contributed by atoms with Crippen LogP contribution in [-0.2, 0) is 6.42 Å². The van der Waals surface area contributed by atoms with Crippen LogP contribution in [0.3, 0.4) is 0 Å². The number of aromatic nitrogens is 2. The number of thiazole rings is 1. The van der Waals surface area contributed by atoms with Gasteiger partial charge in [-0.25, -0.2) is 4.98 Å². The van der Waals surface area contributed by atoms with Crippen LogP contribution in [0, 0.1) is 5.51 Å². The molecule has 0 amide bonds. The van der Waals surface area contributed by atoms with Gasteiger partial charge in [0.1, 0.15) is 0 Å². The highest BCUT2D eigenvalue weighted by Gasteiger charge is 2.23. The predicted molar refractivity (Wildman–Crippen MR) is 58.7 cm³/mol. The Morgan fingerprint density at radius 1 is 1.40 bits per heavy atom. The van der Waals surface area contributed by atoms with Crippen molar-refractivity contribution >= 4 is 11.3 Å². The molecule has 3 nitrogen and oxygen atoms in total. The molecular formula is C11H10N3S. The lowest BCUT2D eigenvalue weighted by Crippen LogP contribution is -2.29. The van der Waals surface area contributed by atoms with Crippen molar-refractivity contribution in [2.75, 3.05) is 6.54 Å². The summed E-state index contributed by atoms with van der Waals surface area (Å²) in [4.78, 5) is 9.60. The predicted octanol–water partition coefficient (Wildman–Crippen LogP) is 1.57. The molecule has 3 rings (SSSR count). The van der Waals surface area contributed by atoms with Gasteiger partial charge in [0.15, 0.2) is 5.51 Å². The molecule has 75 valence electrons. The summed E-state index contributed by atoms with van der Waals surface area (Å²) in [6.45, 7) is 0.984. The number of hydrogen-bond donors (Lipinski definition) is 1. The van der Waals surface area contributed by atoms with Gasteiger partial charge in [0.25, 0.3) is 0 Å². The first kappa shape index (κ1) is 9.00. The lowest BCUT2D eigenvalue weighted by molar-refractivity contribution is 0.570. The van der Waals surface area contributed by atoms with Gasteiger partial charge >= 0.3 is 0 Å². The zero-order valence-corrected chi connectivity index (χ0v) is 8.92. The second-order valence-corrected chi connectivity index (χ2v) is 4.36. The number of pyridine rings is 1. The minimum Gasteiger partial charge on any atom is -0.305 e. The second kappa shape index (κ2) is 3.72. The maximum atomic E-state index is 4.27. The quantitative estimate of drug-likeness (QED) is 0.786. The van der Waals surface area contributed by atoms with Crippen LogP contribution in [0.15, 0.2) is 24.5 Å². The summed E-state index contributed by atoms with van der Waals surface area (Å²) >= 11 is 1.61. The maximum absolute atomic E-state index is 4.27. The van der Waals surface area contributed by atoms with Gasteiger partial charge in [0, 0.05) is 30.2 Å². The molecule has 2 aromatic heterocycles. The van der Waals surface area contributed by atoms with Gasteiger partial charge in [-0.15, -0.1) is 11.3 Å². The third-order valence-electron chi connectivity index (χ3n) is 2.63. The molecule has 0 spiro atoms. The van der Waals surface area contributed by atoms with Gasteiger partial charge in [-0.05, 0) is 17.7 Å². The molecule has 0 saturated heterocycles. The molecule has 1 N–H and O–H groups in total. The van der Waals surface area contributed by atoms with Crippen molar-refractivity contribution in [1.82, 2.24) is 15.3 Å². The lowest BCUT2D eigenvalue weighted by atomic mass is 10.0. The molecule has 2 aromatic rings. The maximum Gasteiger partial charge on any atom is 0.152 e. The highest BCUT2D eigenvalue weighted by molar-refractivity contribution is 7.09. The number of hydrogen-bond acceptors (Lipinski definition) is 4. The molecule has 0 unspecified atom stereocenters. The summed E-state index contributed by atoms with van der Waals surface area (Å²) in [7, 11) is 0. The van der Waals surface area contributed by atoms with E-state index in [9.17, 15) is 0 Å². The molecule has 15 heavy (non-hydrogen) atoms. The number of nitrogens with one attached hydrogen (secondary N) is 1. The molecule has 0 fully saturated rings. The van der Waals surface area contributed by atoms with E-state index in [1.807, 2.05) is 24.5 Å². The molecule has 1 aliphatic rings. The van der Waals surface area contributed by atoms with Crippen LogP contribution >= 0.6 is 11.3 Å². The Balaban J connectivity index is 2.03. The van der Waals surface area contributed by atoms with Crippen molar-refractivity contribution in [2.45, 2.75) is 12.5 Å². The van der Waals surface area contributed by atoms with Gasteiger partial charge in [0.05, 0.1) is 11.7 Å². The topological polar surface area (TPSA) is 37.8 Å². The van der Waals surface area contributed by atoms with E-state index in [0.717, 1.165) is 13.0 Å². The zero-order chi connectivity index (χ0) is 10.1. The van der Waals surface area contributed by atoms with E-state index in [-0.39, 0.29) is 6.04 Å². The van der Waals surface area contributed by atoms with Crippen LogP contribution in [0.5, 0.6) is 0 Å². The van der Waals surface area contributed by atoms with Crippen molar-refractivity contribution in [3.8, 4) is 0 Å². The van der Waals surface area contributed by atoms with Crippen LogP contribution in [0.1, 0.15) is 22.2 Å². The summed E-state index contributed by atoms with van der Waals surface area (Å²) in [6.07, 6.45) is 4.67.